The number of nitrogens with two attached hydrogens (primary N) is 1. The predicted octanol–water partition coefficient (Wildman–Crippen LogP) is 2.83. The summed E-state index contributed by atoms with van der Waals surface area (Å²) in [5.74, 6) is -0.0605. The molecule has 2 N–H and O–H groups in total. The van der Waals surface area contributed by atoms with Gasteiger partial charge in [-0.05, 0) is 39.3 Å². The maximum atomic E-state index is 12.3. The minimum atomic E-state index is -0.324. The summed E-state index contributed by atoms with van der Waals surface area (Å²) in [5, 5.41) is 0. The van der Waals surface area contributed by atoms with Gasteiger partial charge >= 0.3 is 0 Å². The van der Waals surface area contributed by atoms with Crippen LogP contribution >= 0.6 is 0 Å². The number of benzene rings is 1. The van der Waals surface area contributed by atoms with Gasteiger partial charge in [0.15, 0.2) is 0 Å². The Labute approximate surface area is 115 Å². The number of amides is 1. The van der Waals surface area contributed by atoms with Gasteiger partial charge in [0, 0.05) is 6.54 Å². The van der Waals surface area contributed by atoms with Gasteiger partial charge in [0.25, 0.3) is 5.91 Å². The van der Waals surface area contributed by atoms with Gasteiger partial charge in [0.05, 0.1) is 17.0 Å². The Morgan fingerprint density at radius 2 is 1.95 bits per heavy atom. The number of carbonyl (C=O) groups excluding carboxylic acids is 1. The monoisotopic (exact) mass is 264 g/mol. The van der Waals surface area contributed by atoms with E-state index in [1.54, 1.807) is 11.0 Å². The Balaban J connectivity index is 2.83. The molecule has 0 saturated heterocycles. The zero-order valence-corrected chi connectivity index (χ0v) is 12.3. The van der Waals surface area contributed by atoms with Crippen molar-refractivity contribution in [3.63, 3.8) is 0 Å². The van der Waals surface area contributed by atoms with Crippen LogP contribution in [-0.2, 0) is 9.53 Å². The van der Waals surface area contributed by atoms with Crippen molar-refractivity contribution in [2.75, 3.05) is 23.8 Å². The van der Waals surface area contributed by atoms with Gasteiger partial charge in [-0.25, -0.2) is 0 Å². The molecule has 4 nitrogen and oxygen atoms in total. The van der Waals surface area contributed by atoms with Crippen molar-refractivity contribution in [1.29, 1.82) is 0 Å². The lowest BCUT2D eigenvalue weighted by molar-refractivity contribution is -0.127. The van der Waals surface area contributed by atoms with Crippen molar-refractivity contribution < 1.29 is 9.53 Å². The molecule has 1 amide bonds. The van der Waals surface area contributed by atoms with E-state index in [1.807, 2.05) is 45.9 Å². The van der Waals surface area contributed by atoms with Crippen LogP contribution in [0.3, 0.4) is 0 Å². The molecule has 0 aromatic heterocycles. The summed E-state index contributed by atoms with van der Waals surface area (Å²) in [6.07, 6.45) is 0.871. The van der Waals surface area contributed by atoms with Crippen LogP contribution in [0.25, 0.3) is 0 Å². The van der Waals surface area contributed by atoms with Crippen molar-refractivity contribution in [2.45, 2.75) is 39.7 Å². The highest BCUT2D eigenvalue weighted by Crippen LogP contribution is 2.23. The average molecular weight is 264 g/mol. The molecule has 0 radical (unpaired) electrons. The summed E-state index contributed by atoms with van der Waals surface area (Å²) in [4.78, 5) is 14.0. The van der Waals surface area contributed by atoms with Crippen LogP contribution in [0.4, 0.5) is 11.4 Å². The van der Waals surface area contributed by atoms with Crippen LogP contribution in [0, 0.1) is 0 Å². The van der Waals surface area contributed by atoms with Gasteiger partial charge in [-0.3, -0.25) is 4.79 Å². The van der Waals surface area contributed by atoms with Crippen LogP contribution in [0.5, 0.6) is 0 Å². The fourth-order valence-corrected chi connectivity index (χ4v) is 1.69. The van der Waals surface area contributed by atoms with E-state index in [9.17, 15) is 4.79 Å². The molecule has 0 heterocycles. The Bertz CT molecular complexity index is 424. The standard InChI is InChI=1S/C15H24N2O2/c1-5-10-17(13-9-7-6-8-12(13)16)14(18)11-19-15(2,3)4/h6-9H,5,10-11,16H2,1-4H3. The van der Waals surface area contributed by atoms with E-state index in [4.69, 9.17) is 10.5 Å². The molecule has 0 fully saturated rings. The fourth-order valence-electron chi connectivity index (χ4n) is 1.69. The summed E-state index contributed by atoms with van der Waals surface area (Å²) >= 11 is 0. The van der Waals surface area contributed by atoms with Gasteiger partial charge in [0.2, 0.25) is 0 Å². The number of nitrogens with zero attached hydrogens (tertiary/aromatic N) is 1. The summed E-state index contributed by atoms with van der Waals surface area (Å²) < 4.78 is 5.55. The third-order valence-corrected chi connectivity index (χ3v) is 2.60. The van der Waals surface area contributed by atoms with E-state index < -0.39 is 0 Å². The number of hydrogen-bond acceptors (Lipinski definition) is 3. The average Bonchev–Trinajstić information content (AvgIpc) is 2.33. The summed E-state index contributed by atoms with van der Waals surface area (Å²) in [6.45, 7) is 8.53. The third-order valence-electron chi connectivity index (χ3n) is 2.60. The van der Waals surface area contributed by atoms with Crippen molar-refractivity contribution >= 4 is 17.3 Å². The number of anilines is 2. The van der Waals surface area contributed by atoms with Crippen molar-refractivity contribution in [1.82, 2.24) is 0 Å². The van der Waals surface area contributed by atoms with Crippen LogP contribution in [0.15, 0.2) is 24.3 Å². The van der Waals surface area contributed by atoms with Crippen LogP contribution < -0.4 is 10.6 Å². The van der Waals surface area contributed by atoms with Crippen molar-refractivity contribution in [3.8, 4) is 0 Å². The molecule has 19 heavy (non-hydrogen) atoms. The fraction of sp³-hybridized carbons (Fsp3) is 0.533. The molecule has 0 aliphatic rings. The molecule has 0 spiro atoms. The Morgan fingerprint density at radius 3 is 2.47 bits per heavy atom. The van der Waals surface area contributed by atoms with Gasteiger partial charge in [-0.15, -0.1) is 0 Å². The third kappa shape index (κ3) is 4.91. The molecule has 106 valence electrons. The minimum absolute atomic E-state index is 0.0605. The number of ether oxygens (including phenoxy) is 1. The first-order chi connectivity index (χ1) is 8.85. The van der Waals surface area contributed by atoms with Gasteiger partial charge in [-0.2, -0.15) is 0 Å². The Morgan fingerprint density at radius 1 is 1.32 bits per heavy atom. The number of hydrogen-bond donors (Lipinski definition) is 1. The number of para-hydroxylation sites is 2. The van der Waals surface area contributed by atoms with Crippen molar-refractivity contribution in [2.24, 2.45) is 0 Å². The molecule has 0 atom stereocenters. The maximum Gasteiger partial charge on any atom is 0.253 e. The molecular formula is C15H24N2O2. The van der Waals surface area contributed by atoms with E-state index in [2.05, 4.69) is 0 Å². The van der Waals surface area contributed by atoms with Crippen LogP contribution in [-0.4, -0.2) is 24.7 Å². The smallest absolute Gasteiger partial charge is 0.253 e. The molecule has 4 heteroatoms. The second-order valence-electron chi connectivity index (χ2n) is 5.51. The second-order valence-corrected chi connectivity index (χ2v) is 5.51. The summed E-state index contributed by atoms with van der Waals surface area (Å²) in [6, 6.07) is 7.40. The van der Waals surface area contributed by atoms with E-state index in [1.165, 1.54) is 0 Å². The molecule has 1 aromatic rings. The first-order valence-corrected chi connectivity index (χ1v) is 6.64. The lowest BCUT2D eigenvalue weighted by atomic mass is 10.2. The van der Waals surface area contributed by atoms with E-state index >= 15 is 0 Å². The number of rotatable bonds is 5. The first kappa shape index (κ1) is 15.5. The summed E-state index contributed by atoms with van der Waals surface area (Å²) in [7, 11) is 0. The molecule has 0 aliphatic heterocycles. The van der Waals surface area contributed by atoms with Crippen LogP contribution in [0.2, 0.25) is 0 Å². The van der Waals surface area contributed by atoms with Crippen molar-refractivity contribution in [3.05, 3.63) is 24.3 Å². The highest BCUT2D eigenvalue weighted by molar-refractivity contribution is 5.97. The normalized spacial score (nSPS) is 11.4. The second kappa shape index (κ2) is 6.57. The molecule has 0 bridgehead atoms. The van der Waals surface area contributed by atoms with E-state index in [-0.39, 0.29) is 18.1 Å². The predicted molar refractivity (Wildman–Crippen MR) is 79.2 cm³/mol. The van der Waals surface area contributed by atoms with Gasteiger partial charge < -0.3 is 15.4 Å². The van der Waals surface area contributed by atoms with E-state index in [0.717, 1.165) is 12.1 Å². The lowest BCUT2D eigenvalue weighted by Crippen LogP contribution is -2.37. The molecule has 1 aromatic carbocycles. The Kier molecular flexibility index (Phi) is 5.36. The Hall–Kier alpha value is -1.55. The maximum absolute atomic E-state index is 12.3. The van der Waals surface area contributed by atoms with Gasteiger partial charge in [0.1, 0.15) is 6.61 Å². The van der Waals surface area contributed by atoms with E-state index in [0.29, 0.717) is 12.2 Å². The molecule has 0 saturated carbocycles. The molecular weight excluding hydrogens is 240 g/mol. The molecule has 0 unspecified atom stereocenters. The SMILES string of the molecule is CCCN(C(=O)COC(C)(C)C)c1ccccc1N. The zero-order chi connectivity index (χ0) is 14.5. The van der Waals surface area contributed by atoms with Crippen LogP contribution in [0.1, 0.15) is 34.1 Å². The number of carbonyl (C=O) groups is 1. The number of nitrogen functional groups attached to an aromatic ring is 1. The highest BCUT2D eigenvalue weighted by atomic mass is 16.5. The molecule has 1 rings (SSSR count). The van der Waals surface area contributed by atoms with Gasteiger partial charge in [-0.1, -0.05) is 19.1 Å². The highest BCUT2D eigenvalue weighted by Gasteiger charge is 2.20. The topological polar surface area (TPSA) is 55.6 Å². The largest absolute Gasteiger partial charge is 0.397 e. The first-order valence-electron chi connectivity index (χ1n) is 6.64. The molecule has 0 aliphatic carbocycles. The lowest BCUT2D eigenvalue weighted by Gasteiger charge is -2.26. The minimum Gasteiger partial charge on any atom is -0.397 e. The zero-order valence-electron chi connectivity index (χ0n) is 12.3. The summed E-state index contributed by atoms with van der Waals surface area (Å²) in [5.41, 5.74) is 6.98. The quantitative estimate of drug-likeness (QED) is 0.832.